The van der Waals surface area contributed by atoms with Crippen LogP contribution in [0.5, 0.6) is 0 Å². The van der Waals surface area contributed by atoms with E-state index >= 15 is 0 Å². The lowest BCUT2D eigenvalue weighted by Crippen LogP contribution is -2.03. The molecule has 0 N–H and O–H groups in total. The summed E-state index contributed by atoms with van der Waals surface area (Å²) in [7, 11) is 0. The molecule has 0 saturated heterocycles. The molecule has 2 aromatic carbocycles. The molecule has 0 fully saturated rings. The summed E-state index contributed by atoms with van der Waals surface area (Å²) >= 11 is 3.48. The summed E-state index contributed by atoms with van der Waals surface area (Å²) in [5, 5.41) is 0. The van der Waals surface area contributed by atoms with Crippen LogP contribution in [0.3, 0.4) is 0 Å². The molecule has 0 aromatic heterocycles. The van der Waals surface area contributed by atoms with Gasteiger partial charge in [0.2, 0.25) is 0 Å². The first-order valence-electron chi connectivity index (χ1n) is 6.20. The highest BCUT2D eigenvalue weighted by Gasteiger charge is 2.09. The Bertz CT molecular complexity index is 481. The monoisotopic (exact) mass is 304 g/mol. The minimum Gasteiger partial charge on any atom is -0.369 e. The van der Waals surface area contributed by atoms with Crippen molar-refractivity contribution >= 4 is 15.9 Å². The molecular weight excluding hydrogens is 288 g/mol. The van der Waals surface area contributed by atoms with Crippen molar-refractivity contribution < 1.29 is 4.74 Å². The van der Waals surface area contributed by atoms with E-state index in [1.807, 2.05) is 18.2 Å². The molecule has 0 aliphatic rings. The molecule has 0 spiro atoms. The van der Waals surface area contributed by atoms with Gasteiger partial charge in [-0.2, -0.15) is 0 Å². The third-order valence-electron chi connectivity index (χ3n) is 2.88. The molecule has 94 valence electrons. The zero-order valence-corrected chi connectivity index (χ0v) is 12.1. The molecule has 0 radical (unpaired) electrons. The molecule has 2 rings (SSSR count). The maximum absolute atomic E-state index is 6.00. The third-order valence-corrected chi connectivity index (χ3v) is 3.38. The van der Waals surface area contributed by atoms with Gasteiger partial charge in [-0.05, 0) is 29.7 Å². The van der Waals surface area contributed by atoms with E-state index in [0.717, 1.165) is 10.9 Å². The second-order valence-corrected chi connectivity index (χ2v) is 5.16. The summed E-state index contributed by atoms with van der Waals surface area (Å²) in [6, 6.07) is 18.6. The van der Waals surface area contributed by atoms with E-state index in [1.165, 1.54) is 11.1 Å². The molecule has 1 unspecified atom stereocenters. The molecule has 0 bridgehead atoms. The summed E-state index contributed by atoms with van der Waals surface area (Å²) in [5.74, 6) is 0. The van der Waals surface area contributed by atoms with E-state index in [0.29, 0.717) is 6.61 Å². The van der Waals surface area contributed by atoms with E-state index in [4.69, 9.17) is 4.74 Å². The average Bonchev–Trinajstić information content (AvgIpc) is 2.41. The second-order valence-electron chi connectivity index (χ2n) is 4.25. The van der Waals surface area contributed by atoms with E-state index in [9.17, 15) is 0 Å². The number of hydrogen-bond donors (Lipinski definition) is 0. The fraction of sp³-hybridized carbons (Fsp3) is 0.250. The smallest absolute Gasteiger partial charge is 0.0826 e. The van der Waals surface area contributed by atoms with Gasteiger partial charge in [0, 0.05) is 4.47 Å². The Morgan fingerprint density at radius 3 is 2.50 bits per heavy atom. The standard InChI is InChI=1S/C16H17BrO/c1-2-16(14-8-4-3-5-9-14)18-12-13-7-6-10-15(17)11-13/h3-11,16H,2,12H2,1H3. The third kappa shape index (κ3) is 3.69. The minimum absolute atomic E-state index is 0.171. The van der Waals surface area contributed by atoms with Crippen molar-refractivity contribution in [2.24, 2.45) is 0 Å². The topological polar surface area (TPSA) is 9.23 Å². The summed E-state index contributed by atoms with van der Waals surface area (Å²) in [4.78, 5) is 0. The van der Waals surface area contributed by atoms with E-state index in [1.54, 1.807) is 0 Å². The Morgan fingerprint density at radius 1 is 1.06 bits per heavy atom. The van der Waals surface area contributed by atoms with E-state index in [-0.39, 0.29) is 6.10 Å². The molecule has 0 aliphatic carbocycles. The van der Waals surface area contributed by atoms with Crippen LogP contribution in [0.2, 0.25) is 0 Å². The highest BCUT2D eigenvalue weighted by Crippen LogP contribution is 2.22. The Labute approximate surface area is 117 Å². The van der Waals surface area contributed by atoms with Crippen LogP contribution in [0, 0.1) is 0 Å². The Hall–Kier alpha value is -1.12. The fourth-order valence-electron chi connectivity index (χ4n) is 1.94. The normalized spacial score (nSPS) is 12.3. The molecular formula is C16H17BrO. The molecule has 1 nitrogen and oxygen atoms in total. The lowest BCUT2D eigenvalue weighted by atomic mass is 10.1. The molecule has 0 saturated carbocycles. The first kappa shape index (κ1) is 13.3. The minimum atomic E-state index is 0.171. The molecule has 2 heteroatoms. The first-order valence-corrected chi connectivity index (χ1v) is 7.00. The Morgan fingerprint density at radius 2 is 1.83 bits per heavy atom. The lowest BCUT2D eigenvalue weighted by molar-refractivity contribution is 0.0371. The SMILES string of the molecule is CCC(OCc1cccc(Br)c1)c1ccccc1. The molecule has 18 heavy (non-hydrogen) atoms. The molecule has 0 amide bonds. The maximum Gasteiger partial charge on any atom is 0.0826 e. The van der Waals surface area contributed by atoms with Crippen LogP contribution in [0.4, 0.5) is 0 Å². The number of benzene rings is 2. The molecule has 0 aliphatic heterocycles. The van der Waals surface area contributed by atoms with Gasteiger partial charge in [-0.15, -0.1) is 0 Å². The van der Waals surface area contributed by atoms with Gasteiger partial charge in [0.15, 0.2) is 0 Å². The molecule has 2 aromatic rings. The number of hydrogen-bond acceptors (Lipinski definition) is 1. The quantitative estimate of drug-likeness (QED) is 0.745. The van der Waals surface area contributed by atoms with Crippen molar-refractivity contribution in [2.75, 3.05) is 0 Å². The van der Waals surface area contributed by atoms with Gasteiger partial charge in [-0.1, -0.05) is 65.3 Å². The lowest BCUT2D eigenvalue weighted by Gasteiger charge is -2.16. The van der Waals surface area contributed by atoms with E-state index in [2.05, 4.69) is 59.3 Å². The van der Waals surface area contributed by atoms with Gasteiger partial charge in [-0.25, -0.2) is 0 Å². The van der Waals surface area contributed by atoms with E-state index < -0.39 is 0 Å². The maximum atomic E-state index is 6.00. The van der Waals surface area contributed by atoms with Crippen molar-refractivity contribution in [3.63, 3.8) is 0 Å². The predicted octanol–water partition coefficient (Wildman–Crippen LogP) is 5.12. The van der Waals surface area contributed by atoms with Crippen molar-refractivity contribution in [2.45, 2.75) is 26.1 Å². The highest BCUT2D eigenvalue weighted by atomic mass is 79.9. The van der Waals surface area contributed by atoms with Gasteiger partial charge >= 0.3 is 0 Å². The number of ether oxygens (including phenoxy) is 1. The average molecular weight is 305 g/mol. The van der Waals surface area contributed by atoms with Crippen LogP contribution in [0.1, 0.15) is 30.6 Å². The Balaban J connectivity index is 2.00. The van der Waals surface area contributed by atoms with Crippen LogP contribution in [0.15, 0.2) is 59.1 Å². The van der Waals surface area contributed by atoms with Crippen molar-refractivity contribution in [3.8, 4) is 0 Å². The summed E-state index contributed by atoms with van der Waals surface area (Å²) in [6.45, 7) is 2.80. The number of rotatable bonds is 5. The van der Waals surface area contributed by atoms with Gasteiger partial charge < -0.3 is 4.74 Å². The summed E-state index contributed by atoms with van der Waals surface area (Å²) < 4.78 is 7.09. The van der Waals surface area contributed by atoms with Crippen LogP contribution in [-0.2, 0) is 11.3 Å². The van der Waals surface area contributed by atoms with Gasteiger partial charge in [0.05, 0.1) is 12.7 Å². The predicted molar refractivity (Wildman–Crippen MR) is 78.4 cm³/mol. The zero-order valence-electron chi connectivity index (χ0n) is 10.5. The first-order chi connectivity index (χ1) is 8.79. The summed E-state index contributed by atoms with van der Waals surface area (Å²) in [6.07, 6.45) is 1.16. The number of halogens is 1. The zero-order chi connectivity index (χ0) is 12.8. The Kier molecular flexibility index (Phi) is 4.97. The van der Waals surface area contributed by atoms with Gasteiger partial charge in [0.1, 0.15) is 0 Å². The summed E-state index contributed by atoms with van der Waals surface area (Å²) in [5.41, 5.74) is 2.44. The van der Waals surface area contributed by atoms with Crippen LogP contribution < -0.4 is 0 Å². The largest absolute Gasteiger partial charge is 0.369 e. The molecule has 1 atom stereocenters. The van der Waals surface area contributed by atoms with Crippen LogP contribution >= 0.6 is 15.9 Å². The van der Waals surface area contributed by atoms with Crippen LogP contribution in [-0.4, -0.2) is 0 Å². The van der Waals surface area contributed by atoms with Crippen molar-refractivity contribution in [3.05, 3.63) is 70.2 Å². The van der Waals surface area contributed by atoms with Gasteiger partial charge in [0.25, 0.3) is 0 Å². The van der Waals surface area contributed by atoms with Crippen molar-refractivity contribution in [1.29, 1.82) is 0 Å². The van der Waals surface area contributed by atoms with Crippen LogP contribution in [0.25, 0.3) is 0 Å². The van der Waals surface area contributed by atoms with Crippen molar-refractivity contribution in [1.82, 2.24) is 0 Å². The second kappa shape index (κ2) is 6.72. The fourth-order valence-corrected chi connectivity index (χ4v) is 2.39. The highest BCUT2D eigenvalue weighted by molar-refractivity contribution is 9.10. The van der Waals surface area contributed by atoms with Gasteiger partial charge in [-0.3, -0.25) is 0 Å². The molecule has 0 heterocycles.